The van der Waals surface area contributed by atoms with Gasteiger partial charge in [-0.1, -0.05) is 0 Å². The van der Waals surface area contributed by atoms with E-state index >= 15 is 0 Å². The third-order valence-electron chi connectivity index (χ3n) is 2.67. The van der Waals surface area contributed by atoms with Gasteiger partial charge in [0.1, 0.15) is 5.82 Å². The first-order chi connectivity index (χ1) is 7.08. The van der Waals surface area contributed by atoms with Gasteiger partial charge in [0.05, 0.1) is 11.6 Å². The molecule has 0 radical (unpaired) electrons. The molecule has 2 rings (SSSR count). The molecule has 1 unspecified atom stereocenters. The Bertz CT molecular complexity index is 419. The lowest BCUT2D eigenvalue weighted by atomic mass is 9.87. The van der Waals surface area contributed by atoms with Gasteiger partial charge in [-0.25, -0.2) is 4.98 Å². The van der Waals surface area contributed by atoms with Crippen molar-refractivity contribution in [3.63, 3.8) is 0 Å². The molecule has 0 saturated carbocycles. The van der Waals surface area contributed by atoms with Crippen LogP contribution in [0.5, 0.6) is 0 Å². The van der Waals surface area contributed by atoms with Gasteiger partial charge in [-0.3, -0.25) is 4.79 Å². The topological polar surface area (TPSA) is 115 Å². The molecule has 0 aliphatic heterocycles. The Balaban J connectivity index is 2.37. The van der Waals surface area contributed by atoms with E-state index in [2.05, 4.69) is 9.97 Å². The van der Waals surface area contributed by atoms with Crippen LogP contribution in [0.4, 0.5) is 11.8 Å². The predicted octanol–water partition coefficient (Wildman–Crippen LogP) is -0.170. The molecule has 0 aromatic carbocycles. The van der Waals surface area contributed by atoms with E-state index in [1.165, 1.54) is 0 Å². The molecule has 1 aromatic rings. The quantitative estimate of drug-likeness (QED) is 0.590. The minimum atomic E-state index is -0.795. The molecule has 80 valence electrons. The lowest BCUT2D eigenvalue weighted by molar-refractivity contribution is -0.142. The second-order valence-electron chi connectivity index (χ2n) is 3.67. The van der Waals surface area contributed by atoms with Crippen LogP contribution >= 0.6 is 0 Å². The number of carboxylic acid groups (broad SMARTS) is 1. The molecular formula is C9H12N4O2. The molecule has 15 heavy (non-hydrogen) atoms. The van der Waals surface area contributed by atoms with Gasteiger partial charge in [0.25, 0.3) is 0 Å². The standard InChI is InChI=1S/C9H12N4O2/c10-7-5-3-4(8(14)15)1-2-6(5)12-9(11)13-7/h4H,1-3H2,(H,14,15)(H4,10,11,12,13). The third-order valence-corrected chi connectivity index (χ3v) is 2.67. The van der Waals surface area contributed by atoms with Crippen molar-refractivity contribution in [1.82, 2.24) is 9.97 Å². The van der Waals surface area contributed by atoms with E-state index in [0.29, 0.717) is 25.1 Å². The second kappa shape index (κ2) is 3.38. The zero-order valence-corrected chi connectivity index (χ0v) is 8.10. The Morgan fingerprint density at radius 1 is 1.40 bits per heavy atom. The Morgan fingerprint density at radius 3 is 2.80 bits per heavy atom. The average Bonchev–Trinajstić information content (AvgIpc) is 2.16. The summed E-state index contributed by atoms with van der Waals surface area (Å²) in [5, 5.41) is 8.90. The lowest BCUT2D eigenvalue weighted by Gasteiger charge is -2.21. The Labute approximate surface area is 86.3 Å². The van der Waals surface area contributed by atoms with Gasteiger partial charge in [-0.05, 0) is 19.3 Å². The zero-order valence-electron chi connectivity index (χ0n) is 8.10. The number of aromatic nitrogens is 2. The van der Waals surface area contributed by atoms with Crippen LogP contribution < -0.4 is 11.5 Å². The summed E-state index contributed by atoms with van der Waals surface area (Å²) in [5.74, 6) is -0.715. The smallest absolute Gasteiger partial charge is 0.306 e. The van der Waals surface area contributed by atoms with E-state index in [-0.39, 0.29) is 11.9 Å². The number of fused-ring (bicyclic) bond motifs is 1. The minimum Gasteiger partial charge on any atom is -0.481 e. The van der Waals surface area contributed by atoms with E-state index in [4.69, 9.17) is 16.6 Å². The zero-order chi connectivity index (χ0) is 11.0. The molecular weight excluding hydrogens is 196 g/mol. The van der Waals surface area contributed by atoms with Gasteiger partial charge in [0.2, 0.25) is 5.95 Å². The number of hydrogen-bond acceptors (Lipinski definition) is 5. The number of aliphatic carboxylic acids is 1. The van der Waals surface area contributed by atoms with Gasteiger partial charge in [0, 0.05) is 5.56 Å². The second-order valence-corrected chi connectivity index (χ2v) is 3.67. The largest absolute Gasteiger partial charge is 0.481 e. The molecule has 0 saturated heterocycles. The van der Waals surface area contributed by atoms with E-state index in [9.17, 15) is 4.79 Å². The maximum absolute atomic E-state index is 10.8. The van der Waals surface area contributed by atoms with Crippen LogP contribution in [0, 0.1) is 5.92 Å². The summed E-state index contributed by atoms with van der Waals surface area (Å²) in [6.07, 6.45) is 1.58. The van der Waals surface area contributed by atoms with Crippen LogP contribution in [0.1, 0.15) is 17.7 Å². The predicted molar refractivity (Wildman–Crippen MR) is 54.0 cm³/mol. The minimum absolute atomic E-state index is 0.153. The van der Waals surface area contributed by atoms with Crippen molar-refractivity contribution in [2.75, 3.05) is 11.5 Å². The maximum atomic E-state index is 10.8. The van der Waals surface area contributed by atoms with Crippen molar-refractivity contribution in [1.29, 1.82) is 0 Å². The van der Waals surface area contributed by atoms with Crippen molar-refractivity contribution < 1.29 is 9.90 Å². The lowest BCUT2D eigenvalue weighted by Crippen LogP contribution is -2.24. The number of carboxylic acids is 1. The molecule has 1 atom stereocenters. The number of anilines is 2. The summed E-state index contributed by atoms with van der Waals surface area (Å²) >= 11 is 0. The molecule has 1 aliphatic rings. The highest BCUT2D eigenvalue weighted by molar-refractivity contribution is 5.71. The van der Waals surface area contributed by atoms with Gasteiger partial charge < -0.3 is 16.6 Å². The van der Waals surface area contributed by atoms with E-state index in [0.717, 1.165) is 11.3 Å². The summed E-state index contributed by atoms with van der Waals surface area (Å²) < 4.78 is 0. The fourth-order valence-electron chi connectivity index (χ4n) is 1.87. The van der Waals surface area contributed by atoms with E-state index in [1.54, 1.807) is 0 Å². The molecule has 0 spiro atoms. The number of carbonyl (C=O) groups is 1. The average molecular weight is 208 g/mol. The van der Waals surface area contributed by atoms with Crippen molar-refractivity contribution in [3.8, 4) is 0 Å². The van der Waals surface area contributed by atoms with Crippen LogP contribution in [0.3, 0.4) is 0 Å². The van der Waals surface area contributed by atoms with Crippen LogP contribution in [0.25, 0.3) is 0 Å². The van der Waals surface area contributed by atoms with Gasteiger partial charge in [0.15, 0.2) is 0 Å². The Hall–Kier alpha value is -1.85. The van der Waals surface area contributed by atoms with Crippen molar-refractivity contribution >= 4 is 17.7 Å². The van der Waals surface area contributed by atoms with Crippen LogP contribution in [-0.2, 0) is 17.6 Å². The third kappa shape index (κ3) is 1.70. The molecule has 0 fully saturated rings. The maximum Gasteiger partial charge on any atom is 0.306 e. The van der Waals surface area contributed by atoms with Crippen molar-refractivity contribution in [3.05, 3.63) is 11.3 Å². The SMILES string of the molecule is Nc1nc(N)c2c(n1)CCC(C(=O)O)C2. The molecule has 1 aliphatic carbocycles. The molecule has 5 N–H and O–H groups in total. The fourth-order valence-corrected chi connectivity index (χ4v) is 1.87. The van der Waals surface area contributed by atoms with Crippen molar-refractivity contribution in [2.24, 2.45) is 5.92 Å². The fraction of sp³-hybridized carbons (Fsp3) is 0.444. The van der Waals surface area contributed by atoms with Crippen LogP contribution in [-0.4, -0.2) is 21.0 Å². The first kappa shape index (κ1) is 9.70. The number of nitrogens with two attached hydrogens (primary N) is 2. The highest BCUT2D eigenvalue weighted by atomic mass is 16.4. The first-order valence-electron chi connectivity index (χ1n) is 4.71. The number of nitrogen functional groups attached to an aromatic ring is 2. The highest BCUT2D eigenvalue weighted by Gasteiger charge is 2.27. The molecule has 6 heteroatoms. The number of nitrogens with zero attached hydrogens (tertiary/aromatic N) is 2. The molecule has 1 aromatic heterocycles. The van der Waals surface area contributed by atoms with Gasteiger partial charge >= 0.3 is 5.97 Å². The van der Waals surface area contributed by atoms with Crippen molar-refractivity contribution in [2.45, 2.75) is 19.3 Å². The van der Waals surface area contributed by atoms with Gasteiger partial charge in [-0.15, -0.1) is 0 Å². The van der Waals surface area contributed by atoms with Crippen LogP contribution in [0.2, 0.25) is 0 Å². The molecule has 0 bridgehead atoms. The Kier molecular flexibility index (Phi) is 2.18. The summed E-state index contributed by atoms with van der Waals surface area (Å²) in [6.45, 7) is 0. The molecule has 1 heterocycles. The molecule has 0 amide bonds. The van der Waals surface area contributed by atoms with E-state index < -0.39 is 5.97 Å². The number of rotatable bonds is 1. The summed E-state index contributed by atoms with van der Waals surface area (Å²) in [4.78, 5) is 18.7. The van der Waals surface area contributed by atoms with Crippen LogP contribution in [0.15, 0.2) is 0 Å². The van der Waals surface area contributed by atoms with E-state index in [1.807, 2.05) is 0 Å². The summed E-state index contributed by atoms with van der Waals surface area (Å²) in [6, 6.07) is 0. The number of hydrogen-bond donors (Lipinski definition) is 3. The normalized spacial score (nSPS) is 19.6. The molecule has 6 nitrogen and oxygen atoms in total. The summed E-state index contributed by atoms with van der Waals surface area (Å²) in [5.41, 5.74) is 12.7. The van der Waals surface area contributed by atoms with Gasteiger partial charge in [-0.2, -0.15) is 4.98 Å². The summed E-state index contributed by atoms with van der Waals surface area (Å²) in [7, 11) is 0. The Morgan fingerprint density at radius 2 is 2.13 bits per heavy atom. The highest BCUT2D eigenvalue weighted by Crippen LogP contribution is 2.27. The monoisotopic (exact) mass is 208 g/mol. The number of aryl methyl sites for hydroxylation is 1. The first-order valence-corrected chi connectivity index (χ1v) is 4.71.